The average Bonchev–Trinajstić information content (AvgIpc) is 3.28. The van der Waals surface area contributed by atoms with Crippen molar-refractivity contribution in [3.05, 3.63) is 102 Å². The van der Waals surface area contributed by atoms with Crippen molar-refractivity contribution in [1.29, 1.82) is 0 Å². The Morgan fingerprint density at radius 1 is 1.09 bits per heavy atom. The monoisotopic (exact) mass is 453 g/mol. The van der Waals surface area contributed by atoms with Crippen LogP contribution in [0.25, 0.3) is 17.5 Å². The lowest BCUT2D eigenvalue weighted by Crippen LogP contribution is -2.10. The standard InChI is InChI=1S/C27H27N5O2/c1-31(2)17-7-8-20-13-15-22(16-14-20)28-27-29-26-12-6-11-23(32(26)30-27)25-19-33-18-24(34-25)21-9-4-3-5-10-21/h3-4,6-9,11-16,18-19H,5,10,17H2,1-2H3,(H,28,30). The van der Waals surface area contributed by atoms with Crippen molar-refractivity contribution in [3.8, 4) is 0 Å². The molecule has 5 rings (SSSR count). The first kappa shape index (κ1) is 21.7. The molecule has 0 unspecified atom stereocenters. The Bertz CT molecular complexity index is 1330. The van der Waals surface area contributed by atoms with Gasteiger partial charge in [-0.15, -0.1) is 5.10 Å². The Hall–Kier alpha value is -4.10. The van der Waals surface area contributed by atoms with Crippen molar-refractivity contribution in [2.24, 2.45) is 0 Å². The van der Waals surface area contributed by atoms with Gasteiger partial charge in [0.25, 0.3) is 0 Å². The number of aromatic nitrogens is 3. The van der Waals surface area contributed by atoms with Gasteiger partial charge in [0.2, 0.25) is 5.95 Å². The van der Waals surface area contributed by atoms with Crippen molar-refractivity contribution in [1.82, 2.24) is 19.5 Å². The second-order valence-electron chi connectivity index (χ2n) is 8.39. The molecule has 2 aliphatic rings. The van der Waals surface area contributed by atoms with Crippen LogP contribution in [0.2, 0.25) is 0 Å². The average molecular weight is 454 g/mol. The first-order chi connectivity index (χ1) is 16.7. The number of hydrogen-bond acceptors (Lipinski definition) is 6. The van der Waals surface area contributed by atoms with Crippen LogP contribution in [-0.4, -0.2) is 40.1 Å². The molecule has 0 radical (unpaired) electrons. The second-order valence-corrected chi connectivity index (χ2v) is 8.39. The van der Waals surface area contributed by atoms with Gasteiger partial charge in [-0.3, -0.25) is 0 Å². The maximum atomic E-state index is 6.18. The lowest BCUT2D eigenvalue weighted by molar-refractivity contribution is 0.283. The van der Waals surface area contributed by atoms with Crippen LogP contribution in [0.3, 0.4) is 0 Å². The van der Waals surface area contributed by atoms with Crippen molar-refractivity contribution in [3.63, 3.8) is 0 Å². The Kier molecular flexibility index (Phi) is 6.27. The third-order valence-electron chi connectivity index (χ3n) is 5.46. The first-order valence-corrected chi connectivity index (χ1v) is 11.3. The van der Waals surface area contributed by atoms with E-state index in [1.807, 2.05) is 36.4 Å². The molecular weight excluding hydrogens is 426 g/mol. The van der Waals surface area contributed by atoms with Crippen molar-refractivity contribution >= 4 is 29.1 Å². The molecule has 0 spiro atoms. The van der Waals surface area contributed by atoms with E-state index in [2.05, 4.69) is 70.8 Å². The van der Waals surface area contributed by atoms with E-state index >= 15 is 0 Å². The van der Waals surface area contributed by atoms with E-state index in [-0.39, 0.29) is 0 Å². The van der Waals surface area contributed by atoms with Crippen LogP contribution in [0.15, 0.2) is 90.6 Å². The minimum atomic E-state index is 0.511. The maximum absolute atomic E-state index is 6.18. The van der Waals surface area contributed by atoms with Gasteiger partial charge in [-0.05, 0) is 62.3 Å². The summed E-state index contributed by atoms with van der Waals surface area (Å²) in [7, 11) is 4.10. The van der Waals surface area contributed by atoms with E-state index < -0.39 is 0 Å². The highest BCUT2D eigenvalue weighted by Crippen LogP contribution is 2.30. The third kappa shape index (κ3) is 4.94. The molecule has 1 N–H and O–H groups in total. The molecule has 34 heavy (non-hydrogen) atoms. The summed E-state index contributed by atoms with van der Waals surface area (Å²) in [5, 5.41) is 7.96. The summed E-state index contributed by atoms with van der Waals surface area (Å²) in [6, 6.07) is 14.0. The van der Waals surface area contributed by atoms with Gasteiger partial charge in [0.15, 0.2) is 17.2 Å². The van der Waals surface area contributed by atoms with E-state index in [1.54, 1.807) is 17.0 Å². The quantitative estimate of drug-likeness (QED) is 0.509. The fourth-order valence-electron chi connectivity index (χ4n) is 3.74. The van der Waals surface area contributed by atoms with Crippen LogP contribution in [0.4, 0.5) is 11.6 Å². The van der Waals surface area contributed by atoms with Gasteiger partial charge in [0.05, 0.1) is 0 Å². The highest BCUT2D eigenvalue weighted by atomic mass is 16.5. The second kappa shape index (κ2) is 9.80. The smallest absolute Gasteiger partial charge is 0.247 e. The molecular formula is C27H27N5O2. The first-order valence-electron chi connectivity index (χ1n) is 11.3. The number of rotatable bonds is 7. The maximum Gasteiger partial charge on any atom is 0.247 e. The van der Waals surface area contributed by atoms with E-state index in [4.69, 9.17) is 9.47 Å². The predicted molar refractivity (Wildman–Crippen MR) is 135 cm³/mol. The normalized spacial score (nSPS) is 15.7. The topological polar surface area (TPSA) is 63.9 Å². The van der Waals surface area contributed by atoms with E-state index in [9.17, 15) is 0 Å². The molecule has 1 aliphatic heterocycles. The molecule has 172 valence electrons. The fraction of sp³-hybridized carbons (Fsp3) is 0.185. The number of hydrogen-bond donors (Lipinski definition) is 1. The number of ether oxygens (including phenoxy) is 2. The number of pyridine rings is 1. The zero-order valence-electron chi connectivity index (χ0n) is 19.3. The number of nitrogens with one attached hydrogen (secondary N) is 1. The Morgan fingerprint density at radius 3 is 2.74 bits per heavy atom. The lowest BCUT2D eigenvalue weighted by Gasteiger charge is -2.19. The van der Waals surface area contributed by atoms with Gasteiger partial charge in [0, 0.05) is 12.2 Å². The summed E-state index contributed by atoms with van der Waals surface area (Å²) in [6.07, 6.45) is 15.6. The summed E-state index contributed by atoms with van der Waals surface area (Å²) in [5.41, 5.74) is 4.65. The van der Waals surface area contributed by atoms with Crippen LogP contribution in [0.1, 0.15) is 24.1 Å². The van der Waals surface area contributed by atoms with Gasteiger partial charge in [-0.1, -0.05) is 48.6 Å². The van der Waals surface area contributed by atoms with Crippen LogP contribution in [0.5, 0.6) is 0 Å². The zero-order chi connectivity index (χ0) is 23.3. The molecule has 7 nitrogen and oxygen atoms in total. The van der Waals surface area contributed by atoms with E-state index in [1.165, 1.54) is 0 Å². The molecule has 1 aliphatic carbocycles. The zero-order valence-corrected chi connectivity index (χ0v) is 19.3. The van der Waals surface area contributed by atoms with Crippen LogP contribution < -0.4 is 5.32 Å². The van der Waals surface area contributed by atoms with Gasteiger partial charge in [-0.25, -0.2) is 4.52 Å². The molecule has 0 atom stereocenters. The van der Waals surface area contributed by atoms with Crippen molar-refractivity contribution in [2.45, 2.75) is 12.8 Å². The molecule has 3 aromatic rings. The lowest BCUT2D eigenvalue weighted by atomic mass is 10.0. The number of nitrogens with zero attached hydrogens (tertiary/aromatic N) is 4. The molecule has 7 heteroatoms. The SMILES string of the molecule is CN(C)CC=Cc1ccc(Nc2nc3cccc(C4=COC=C(C5=CC=CCC5)O4)n3n2)cc1. The molecule has 1 aromatic carbocycles. The molecule has 0 saturated heterocycles. The Balaban J connectivity index is 1.33. The fourth-order valence-corrected chi connectivity index (χ4v) is 3.74. The van der Waals surface area contributed by atoms with E-state index in [0.717, 1.165) is 47.7 Å². The Morgan fingerprint density at radius 2 is 1.94 bits per heavy atom. The summed E-state index contributed by atoms with van der Waals surface area (Å²) < 4.78 is 13.5. The van der Waals surface area contributed by atoms with E-state index in [0.29, 0.717) is 17.4 Å². The summed E-state index contributed by atoms with van der Waals surface area (Å²) in [5.74, 6) is 1.82. The number of likely N-dealkylation sites (N-methyl/N-ethyl adjacent to an activating group) is 1. The molecule has 0 saturated carbocycles. The van der Waals surface area contributed by atoms with Crippen molar-refractivity contribution in [2.75, 3.05) is 26.0 Å². The molecule has 0 amide bonds. The van der Waals surface area contributed by atoms with Crippen LogP contribution in [-0.2, 0) is 9.47 Å². The van der Waals surface area contributed by atoms with Crippen LogP contribution >= 0.6 is 0 Å². The summed E-state index contributed by atoms with van der Waals surface area (Å²) in [4.78, 5) is 6.75. The minimum absolute atomic E-state index is 0.511. The van der Waals surface area contributed by atoms with Crippen LogP contribution in [0, 0.1) is 0 Å². The third-order valence-corrected chi connectivity index (χ3v) is 5.46. The van der Waals surface area contributed by atoms with Crippen molar-refractivity contribution < 1.29 is 9.47 Å². The highest BCUT2D eigenvalue weighted by Gasteiger charge is 2.19. The van der Waals surface area contributed by atoms with Gasteiger partial charge in [0.1, 0.15) is 18.2 Å². The van der Waals surface area contributed by atoms with Gasteiger partial charge >= 0.3 is 0 Å². The molecule has 0 fully saturated rings. The largest absolute Gasteiger partial charge is 0.465 e. The van der Waals surface area contributed by atoms with Gasteiger partial charge < -0.3 is 19.7 Å². The summed E-state index contributed by atoms with van der Waals surface area (Å²) in [6.45, 7) is 0.907. The highest BCUT2D eigenvalue weighted by molar-refractivity contribution is 5.64. The molecule has 0 bridgehead atoms. The van der Waals surface area contributed by atoms with Gasteiger partial charge in [-0.2, -0.15) is 4.98 Å². The number of allylic oxidation sites excluding steroid dienone is 4. The Labute approximate surface area is 199 Å². The molecule has 2 aromatic heterocycles. The number of anilines is 2. The predicted octanol–water partition coefficient (Wildman–Crippen LogP) is 5.51. The number of benzene rings is 1. The minimum Gasteiger partial charge on any atom is -0.465 e. The molecule has 3 heterocycles. The number of fused-ring (bicyclic) bond motifs is 1. The summed E-state index contributed by atoms with van der Waals surface area (Å²) >= 11 is 0.